The van der Waals surface area contributed by atoms with Crippen molar-refractivity contribution in [1.29, 1.82) is 0 Å². The van der Waals surface area contributed by atoms with E-state index in [0.717, 1.165) is 61.8 Å². The number of halogens is 2. The largest absolute Gasteiger partial charge is 0.493 e. The molecule has 0 amide bonds. The van der Waals surface area contributed by atoms with Crippen LogP contribution in [0.25, 0.3) is 0 Å². The Kier molecular flexibility index (Phi) is 12.3. The standard InChI is InChI=1S/C17H27ClN2O.ClH/c1-4-7-15-14-16(18)8-9-17(15)21-13-6-5-10-19-11-12-20(2)3;/h4,8-9,14,19H,1,5-7,10-13H2,2-3H3;1H. The van der Waals surface area contributed by atoms with Crippen LogP contribution < -0.4 is 10.1 Å². The highest BCUT2D eigenvalue weighted by molar-refractivity contribution is 6.30. The van der Waals surface area contributed by atoms with Gasteiger partial charge in [0, 0.05) is 18.1 Å². The number of nitrogens with zero attached hydrogens (tertiary/aromatic N) is 1. The van der Waals surface area contributed by atoms with Crippen molar-refractivity contribution in [3.63, 3.8) is 0 Å². The number of unbranched alkanes of at least 4 members (excludes halogenated alkanes) is 1. The first-order valence-electron chi connectivity index (χ1n) is 7.51. The van der Waals surface area contributed by atoms with Gasteiger partial charge in [-0.3, -0.25) is 0 Å². The Morgan fingerprint density at radius 3 is 2.73 bits per heavy atom. The maximum Gasteiger partial charge on any atom is 0.122 e. The minimum absolute atomic E-state index is 0. The zero-order valence-corrected chi connectivity index (χ0v) is 15.2. The molecule has 0 aliphatic heterocycles. The smallest absolute Gasteiger partial charge is 0.122 e. The molecule has 0 atom stereocenters. The Hall–Kier alpha value is -0.740. The Morgan fingerprint density at radius 1 is 1.27 bits per heavy atom. The second-order valence-corrected chi connectivity index (χ2v) is 5.79. The average Bonchev–Trinajstić information content (AvgIpc) is 2.44. The summed E-state index contributed by atoms with van der Waals surface area (Å²) in [6, 6.07) is 5.75. The third kappa shape index (κ3) is 9.31. The van der Waals surface area contributed by atoms with E-state index in [4.69, 9.17) is 16.3 Å². The summed E-state index contributed by atoms with van der Waals surface area (Å²) in [6.07, 6.45) is 4.82. The van der Waals surface area contributed by atoms with Crippen LogP contribution in [-0.2, 0) is 6.42 Å². The number of allylic oxidation sites excluding steroid dienone is 1. The van der Waals surface area contributed by atoms with Crippen molar-refractivity contribution in [2.24, 2.45) is 0 Å². The molecule has 0 unspecified atom stereocenters. The molecule has 5 heteroatoms. The van der Waals surface area contributed by atoms with E-state index in [2.05, 4.69) is 30.9 Å². The van der Waals surface area contributed by atoms with Gasteiger partial charge in [-0.05, 0) is 63.7 Å². The van der Waals surface area contributed by atoms with Gasteiger partial charge < -0.3 is 15.0 Å². The zero-order valence-electron chi connectivity index (χ0n) is 13.6. The fourth-order valence-corrected chi connectivity index (χ4v) is 2.16. The first kappa shape index (κ1) is 21.3. The van der Waals surface area contributed by atoms with Gasteiger partial charge in [0.15, 0.2) is 0 Å². The summed E-state index contributed by atoms with van der Waals surface area (Å²) in [5.74, 6) is 0.917. The molecule has 1 aromatic rings. The number of likely N-dealkylation sites (N-methyl/N-ethyl adjacent to an activating group) is 1. The van der Waals surface area contributed by atoms with Crippen molar-refractivity contribution < 1.29 is 4.74 Å². The van der Waals surface area contributed by atoms with E-state index < -0.39 is 0 Å². The van der Waals surface area contributed by atoms with E-state index in [1.54, 1.807) is 0 Å². The predicted octanol–water partition coefficient (Wildman–Crippen LogP) is 3.80. The van der Waals surface area contributed by atoms with Gasteiger partial charge >= 0.3 is 0 Å². The van der Waals surface area contributed by atoms with E-state index in [1.807, 2.05) is 24.3 Å². The normalized spacial score (nSPS) is 10.4. The molecule has 0 fully saturated rings. The first-order chi connectivity index (χ1) is 10.1. The van der Waals surface area contributed by atoms with Gasteiger partial charge in [0.25, 0.3) is 0 Å². The molecule has 3 nitrogen and oxygen atoms in total. The van der Waals surface area contributed by atoms with Crippen molar-refractivity contribution in [3.8, 4) is 5.75 Å². The molecule has 0 saturated heterocycles. The lowest BCUT2D eigenvalue weighted by Crippen LogP contribution is -2.27. The number of benzene rings is 1. The van der Waals surface area contributed by atoms with Crippen molar-refractivity contribution >= 4 is 24.0 Å². The molecular formula is C17H28Cl2N2O. The molecule has 22 heavy (non-hydrogen) atoms. The third-order valence-corrected chi connectivity index (χ3v) is 3.36. The Labute approximate surface area is 146 Å². The van der Waals surface area contributed by atoms with Gasteiger partial charge in [-0.2, -0.15) is 0 Å². The van der Waals surface area contributed by atoms with E-state index in [-0.39, 0.29) is 12.4 Å². The molecule has 0 spiro atoms. The van der Waals surface area contributed by atoms with E-state index in [0.29, 0.717) is 0 Å². The van der Waals surface area contributed by atoms with Crippen molar-refractivity contribution in [2.75, 3.05) is 40.3 Å². The zero-order chi connectivity index (χ0) is 15.5. The summed E-state index contributed by atoms with van der Waals surface area (Å²) in [5.41, 5.74) is 1.10. The number of nitrogens with one attached hydrogen (secondary N) is 1. The topological polar surface area (TPSA) is 24.5 Å². The van der Waals surface area contributed by atoms with Crippen LogP contribution in [0.1, 0.15) is 18.4 Å². The molecule has 0 aromatic heterocycles. The van der Waals surface area contributed by atoms with E-state index in [1.165, 1.54) is 0 Å². The lowest BCUT2D eigenvalue weighted by Gasteiger charge is -2.12. The maximum absolute atomic E-state index is 6.01. The molecule has 126 valence electrons. The Morgan fingerprint density at radius 2 is 2.05 bits per heavy atom. The summed E-state index contributed by atoms with van der Waals surface area (Å²) >= 11 is 6.01. The fraction of sp³-hybridized carbons (Fsp3) is 0.529. The summed E-state index contributed by atoms with van der Waals surface area (Å²) in [5, 5.41) is 4.17. The summed E-state index contributed by atoms with van der Waals surface area (Å²) < 4.78 is 5.85. The lowest BCUT2D eigenvalue weighted by molar-refractivity contribution is 0.302. The highest BCUT2D eigenvalue weighted by Gasteiger charge is 2.03. The summed E-state index contributed by atoms with van der Waals surface area (Å²) in [4.78, 5) is 2.18. The minimum atomic E-state index is 0. The van der Waals surface area contributed by atoms with Gasteiger partial charge in [-0.15, -0.1) is 19.0 Å². The lowest BCUT2D eigenvalue weighted by atomic mass is 10.1. The van der Waals surface area contributed by atoms with Crippen LogP contribution in [0.2, 0.25) is 5.02 Å². The van der Waals surface area contributed by atoms with Gasteiger partial charge in [-0.1, -0.05) is 17.7 Å². The third-order valence-electron chi connectivity index (χ3n) is 3.13. The van der Waals surface area contributed by atoms with Gasteiger partial charge in [0.2, 0.25) is 0 Å². The monoisotopic (exact) mass is 346 g/mol. The van der Waals surface area contributed by atoms with Crippen molar-refractivity contribution in [2.45, 2.75) is 19.3 Å². The highest BCUT2D eigenvalue weighted by atomic mass is 35.5. The number of hydrogen-bond acceptors (Lipinski definition) is 3. The molecule has 1 N–H and O–H groups in total. The quantitative estimate of drug-likeness (QED) is 0.487. The average molecular weight is 347 g/mol. The Bertz CT molecular complexity index is 425. The van der Waals surface area contributed by atoms with Gasteiger partial charge in [-0.25, -0.2) is 0 Å². The number of ether oxygens (including phenoxy) is 1. The molecule has 0 bridgehead atoms. The van der Waals surface area contributed by atoms with Crippen LogP contribution in [0.3, 0.4) is 0 Å². The predicted molar refractivity (Wildman–Crippen MR) is 98.8 cm³/mol. The molecule has 0 radical (unpaired) electrons. The number of hydrogen-bond donors (Lipinski definition) is 1. The summed E-state index contributed by atoms with van der Waals surface area (Å²) in [6.45, 7) is 7.66. The second kappa shape index (κ2) is 12.8. The van der Waals surface area contributed by atoms with E-state index in [9.17, 15) is 0 Å². The van der Waals surface area contributed by atoms with E-state index >= 15 is 0 Å². The SMILES string of the molecule is C=CCc1cc(Cl)ccc1OCCCCNCCN(C)C.Cl. The van der Waals surface area contributed by atoms with Crippen molar-refractivity contribution in [1.82, 2.24) is 10.2 Å². The fourth-order valence-electron chi connectivity index (χ4n) is 1.97. The van der Waals surface area contributed by atoms with Gasteiger partial charge in [0.1, 0.15) is 5.75 Å². The van der Waals surface area contributed by atoms with Gasteiger partial charge in [0.05, 0.1) is 6.61 Å². The van der Waals surface area contributed by atoms with Crippen molar-refractivity contribution in [3.05, 3.63) is 41.4 Å². The van der Waals surface area contributed by atoms with Crippen LogP contribution in [0.4, 0.5) is 0 Å². The van der Waals surface area contributed by atoms with Crippen LogP contribution in [0, 0.1) is 0 Å². The molecule has 0 saturated carbocycles. The Balaban J connectivity index is 0.00000441. The molecule has 1 rings (SSSR count). The maximum atomic E-state index is 6.01. The summed E-state index contributed by atoms with van der Waals surface area (Å²) in [7, 11) is 4.17. The first-order valence-corrected chi connectivity index (χ1v) is 7.89. The number of rotatable bonds is 11. The molecule has 0 heterocycles. The second-order valence-electron chi connectivity index (χ2n) is 5.35. The highest BCUT2D eigenvalue weighted by Crippen LogP contribution is 2.23. The minimum Gasteiger partial charge on any atom is -0.493 e. The molecule has 0 aliphatic carbocycles. The van der Waals surface area contributed by atoms with Crippen LogP contribution in [0.5, 0.6) is 5.75 Å². The van der Waals surface area contributed by atoms with Crippen LogP contribution in [-0.4, -0.2) is 45.2 Å². The molecule has 0 aliphatic rings. The van der Waals surface area contributed by atoms with Crippen LogP contribution in [0.15, 0.2) is 30.9 Å². The molecular weight excluding hydrogens is 319 g/mol. The molecule has 1 aromatic carbocycles. The van der Waals surface area contributed by atoms with Crippen LogP contribution >= 0.6 is 24.0 Å².